The van der Waals surface area contributed by atoms with Crippen LogP contribution in [0.4, 0.5) is 0 Å². The predicted octanol–water partition coefficient (Wildman–Crippen LogP) is 3.01. The van der Waals surface area contributed by atoms with Crippen molar-refractivity contribution in [2.45, 2.75) is 12.7 Å². The Morgan fingerprint density at radius 1 is 1.27 bits per heavy atom. The molecule has 1 aliphatic rings. The molecule has 2 heterocycles. The van der Waals surface area contributed by atoms with Crippen LogP contribution in [0.5, 0.6) is 11.5 Å². The lowest BCUT2D eigenvalue weighted by Crippen LogP contribution is -2.09. The minimum atomic E-state index is 0.289. The fourth-order valence-electron chi connectivity index (χ4n) is 2.02. The third-order valence-corrected chi connectivity index (χ3v) is 4.01. The van der Waals surface area contributed by atoms with Crippen molar-refractivity contribution in [2.24, 2.45) is 5.10 Å². The normalized spacial score (nSPS) is 13.2. The predicted molar refractivity (Wildman–Crippen MR) is 88.3 cm³/mol. The second-order valence-electron chi connectivity index (χ2n) is 4.74. The van der Waals surface area contributed by atoms with Gasteiger partial charge in [0.05, 0.1) is 17.3 Å². The first kappa shape index (κ1) is 14.7. The van der Waals surface area contributed by atoms with E-state index >= 15 is 0 Å². The summed E-state index contributed by atoms with van der Waals surface area (Å²) < 4.78 is 10.7. The van der Waals surface area contributed by atoms with E-state index in [4.69, 9.17) is 9.47 Å². The molecule has 1 aliphatic heterocycles. The number of nitrogens with one attached hydrogen (secondary N) is 1. The topological polar surface area (TPSA) is 55.7 Å². The van der Waals surface area contributed by atoms with Crippen LogP contribution in [0.15, 0.2) is 47.7 Å². The number of hydrogen-bond acceptors (Lipinski definition) is 6. The van der Waals surface area contributed by atoms with E-state index in [-0.39, 0.29) is 6.79 Å². The van der Waals surface area contributed by atoms with Gasteiger partial charge in [0.25, 0.3) is 0 Å². The molecule has 0 unspecified atom stereocenters. The number of aromatic nitrogens is 1. The quantitative estimate of drug-likeness (QED) is 0.384. The van der Waals surface area contributed by atoms with Crippen LogP contribution in [0.1, 0.15) is 18.2 Å². The van der Waals surface area contributed by atoms with Crippen molar-refractivity contribution < 1.29 is 9.47 Å². The van der Waals surface area contributed by atoms with Crippen LogP contribution in [0, 0.1) is 0 Å². The molecule has 2 aromatic rings. The highest BCUT2D eigenvalue weighted by atomic mass is 32.2. The summed E-state index contributed by atoms with van der Waals surface area (Å²) in [7, 11) is 0. The molecule has 6 heteroatoms. The van der Waals surface area contributed by atoms with Gasteiger partial charge in [-0.3, -0.25) is 10.4 Å². The van der Waals surface area contributed by atoms with Crippen LogP contribution in [0.3, 0.4) is 0 Å². The number of nitrogens with zero attached hydrogens (tertiary/aromatic N) is 2. The van der Waals surface area contributed by atoms with Crippen LogP contribution in [-0.4, -0.2) is 23.4 Å². The molecule has 0 fully saturated rings. The fraction of sp³-hybridized carbons (Fsp3) is 0.250. The summed E-state index contributed by atoms with van der Waals surface area (Å²) in [5.74, 6) is 3.16. The molecule has 1 aromatic heterocycles. The summed E-state index contributed by atoms with van der Waals surface area (Å²) in [5, 5.41) is 4.38. The van der Waals surface area contributed by atoms with Crippen LogP contribution >= 0.6 is 11.8 Å². The molecule has 0 spiro atoms. The molecule has 1 N–H and O–H groups in total. The first-order chi connectivity index (χ1) is 10.8. The molecule has 0 aliphatic carbocycles. The Labute approximate surface area is 133 Å². The minimum Gasteiger partial charge on any atom is -0.454 e. The van der Waals surface area contributed by atoms with Crippen molar-refractivity contribution in [3.63, 3.8) is 0 Å². The minimum absolute atomic E-state index is 0.289. The highest BCUT2D eigenvalue weighted by Gasteiger charge is 2.13. The maximum absolute atomic E-state index is 5.37. The molecule has 3 rings (SSSR count). The summed E-state index contributed by atoms with van der Waals surface area (Å²) in [6, 6.07) is 11.8. The molecule has 5 nitrogen and oxygen atoms in total. The van der Waals surface area contributed by atoms with Gasteiger partial charge in [-0.2, -0.15) is 5.10 Å². The van der Waals surface area contributed by atoms with Gasteiger partial charge < -0.3 is 9.47 Å². The number of hydrogen-bond donors (Lipinski definition) is 1. The lowest BCUT2D eigenvalue weighted by molar-refractivity contribution is 0.174. The van der Waals surface area contributed by atoms with E-state index in [2.05, 4.69) is 15.5 Å². The molecule has 0 radical (unpaired) electrons. The van der Waals surface area contributed by atoms with Gasteiger partial charge >= 0.3 is 0 Å². The average molecular weight is 315 g/mol. The number of thioether (sulfide) groups is 1. The Hall–Kier alpha value is -2.21. The van der Waals surface area contributed by atoms with Gasteiger partial charge in [0.2, 0.25) is 6.79 Å². The zero-order valence-electron chi connectivity index (χ0n) is 12.3. The van der Waals surface area contributed by atoms with E-state index in [9.17, 15) is 0 Å². The van der Waals surface area contributed by atoms with E-state index in [0.29, 0.717) is 0 Å². The molecular weight excluding hydrogens is 298 g/mol. The Balaban J connectivity index is 1.48. The first-order valence-corrected chi connectivity index (χ1v) is 8.13. The van der Waals surface area contributed by atoms with E-state index in [1.165, 1.54) is 0 Å². The molecule has 0 saturated heterocycles. The zero-order chi connectivity index (χ0) is 15.2. The van der Waals surface area contributed by atoms with E-state index in [1.807, 2.05) is 49.5 Å². The molecule has 1 aromatic carbocycles. The Morgan fingerprint density at radius 2 is 2.18 bits per heavy atom. The molecule has 114 valence electrons. The zero-order valence-corrected chi connectivity index (χ0v) is 13.1. The lowest BCUT2D eigenvalue weighted by atomic mass is 10.1. The Morgan fingerprint density at radius 3 is 3.05 bits per heavy atom. The van der Waals surface area contributed by atoms with Crippen LogP contribution < -0.4 is 14.9 Å². The number of rotatable bonds is 6. The largest absolute Gasteiger partial charge is 0.454 e. The maximum atomic E-state index is 5.37. The monoisotopic (exact) mass is 315 g/mol. The van der Waals surface area contributed by atoms with Crippen molar-refractivity contribution in [2.75, 3.05) is 12.7 Å². The number of benzene rings is 1. The van der Waals surface area contributed by atoms with E-state index in [0.717, 1.165) is 40.1 Å². The number of ether oxygens (including phenoxy) is 2. The van der Waals surface area contributed by atoms with Gasteiger partial charge in [-0.05, 0) is 37.3 Å². The van der Waals surface area contributed by atoms with Crippen molar-refractivity contribution in [3.8, 4) is 11.5 Å². The fourth-order valence-corrected chi connectivity index (χ4v) is 2.66. The summed E-state index contributed by atoms with van der Waals surface area (Å²) in [4.78, 5) is 4.28. The summed E-state index contributed by atoms with van der Waals surface area (Å²) in [5.41, 5.74) is 6.08. The van der Waals surface area contributed by atoms with E-state index < -0.39 is 0 Å². The maximum Gasteiger partial charge on any atom is 0.231 e. The molecule has 0 atom stereocenters. The number of fused-ring (bicyclic) bond motifs is 1. The van der Waals surface area contributed by atoms with Gasteiger partial charge in [-0.1, -0.05) is 6.07 Å². The first-order valence-electron chi connectivity index (χ1n) is 6.98. The van der Waals surface area contributed by atoms with Crippen molar-refractivity contribution in [1.82, 2.24) is 10.4 Å². The summed E-state index contributed by atoms with van der Waals surface area (Å²) in [6.45, 7) is 2.26. The van der Waals surface area contributed by atoms with Gasteiger partial charge in [-0.15, -0.1) is 11.8 Å². The van der Waals surface area contributed by atoms with Crippen molar-refractivity contribution in [3.05, 3.63) is 53.9 Å². The van der Waals surface area contributed by atoms with Crippen LogP contribution in [-0.2, 0) is 5.75 Å². The number of hydrazone groups is 1. The standard InChI is InChI=1S/C16H17N3O2S/c1-12(13-5-6-15-16(8-13)21-11-20-15)19-18-10-22-9-14-4-2-3-7-17-14/h2-8,18H,9-11H2,1H3/b19-12+. The van der Waals surface area contributed by atoms with Gasteiger partial charge in [-0.25, -0.2) is 0 Å². The highest BCUT2D eigenvalue weighted by Crippen LogP contribution is 2.32. The molecular formula is C16H17N3O2S. The van der Waals surface area contributed by atoms with Crippen molar-refractivity contribution in [1.29, 1.82) is 0 Å². The molecule has 0 saturated carbocycles. The molecule has 22 heavy (non-hydrogen) atoms. The van der Waals surface area contributed by atoms with Crippen molar-refractivity contribution >= 4 is 17.5 Å². The Kier molecular flexibility index (Phi) is 4.80. The SMILES string of the molecule is C/C(=N\NCSCc1ccccn1)c1ccc2c(c1)OCO2. The average Bonchev–Trinajstić information content (AvgIpc) is 3.03. The summed E-state index contributed by atoms with van der Waals surface area (Å²) in [6.07, 6.45) is 1.81. The number of pyridine rings is 1. The second-order valence-corrected chi connectivity index (χ2v) is 5.72. The van der Waals surface area contributed by atoms with E-state index in [1.54, 1.807) is 11.8 Å². The third-order valence-electron chi connectivity index (χ3n) is 3.18. The molecule has 0 bridgehead atoms. The van der Waals surface area contributed by atoms with Gasteiger partial charge in [0.15, 0.2) is 11.5 Å². The van der Waals surface area contributed by atoms with Crippen LogP contribution in [0.2, 0.25) is 0 Å². The van der Waals surface area contributed by atoms with Crippen LogP contribution in [0.25, 0.3) is 0 Å². The smallest absolute Gasteiger partial charge is 0.231 e. The highest BCUT2D eigenvalue weighted by molar-refractivity contribution is 7.98. The lowest BCUT2D eigenvalue weighted by Gasteiger charge is -2.05. The third kappa shape index (κ3) is 3.71. The molecule has 0 amide bonds. The van der Waals surface area contributed by atoms with Gasteiger partial charge in [0.1, 0.15) is 0 Å². The Bertz CT molecular complexity index is 662. The van der Waals surface area contributed by atoms with Gasteiger partial charge in [0, 0.05) is 17.5 Å². The second kappa shape index (κ2) is 7.17. The summed E-state index contributed by atoms with van der Waals surface area (Å²) >= 11 is 1.74.